The molecule has 174 valence electrons. The Balaban J connectivity index is 1.42. The van der Waals surface area contributed by atoms with Crippen LogP contribution >= 0.6 is 12.6 Å². The van der Waals surface area contributed by atoms with E-state index in [1.165, 1.54) is 6.26 Å². The maximum atomic E-state index is 13.2. The van der Waals surface area contributed by atoms with E-state index >= 15 is 0 Å². The maximum Gasteiger partial charge on any atom is 0.375 e. The Morgan fingerprint density at radius 2 is 2.03 bits per heavy atom. The molecule has 0 bridgehead atoms. The number of esters is 1. The first-order valence-corrected chi connectivity index (χ1v) is 12.2. The van der Waals surface area contributed by atoms with Crippen molar-refractivity contribution in [2.75, 3.05) is 0 Å². The highest BCUT2D eigenvalue weighted by Gasteiger charge is 2.82. The van der Waals surface area contributed by atoms with Gasteiger partial charge in [0.25, 0.3) is 0 Å². The Kier molecular flexibility index (Phi) is 4.22. The molecule has 0 aromatic carbocycles. The molecule has 1 saturated heterocycles. The van der Waals surface area contributed by atoms with Gasteiger partial charge in [-0.1, -0.05) is 25.5 Å². The van der Waals surface area contributed by atoms with Gasteiger partial charge in [-0.15, -0.1) is 12.6 Å². The maximum absolute atomic E-state index is 13.2. The number of carbonyl (C=O) groups is 3. The fraction of sp³-hybridized carbons (Fsp3) is 0.577. The van der Waals surface area contributed by atoms with Crippen LogP contribution in [0.3, 0.4) is 0 Å². The minimum atomic E-state index is -1.36. The van der Waals surface area contributed by atoms with E-state index in [0.717, 1.165) is 24.8 Å². The van der Waals surface area contributed by atoms with Crippen molar-refractivity contribution in [3.63, 3.8) is 0 Å². The van der Waals surface area contributed by atoms with Crippen LogP contribution in [0.1, 0.15) is 57.0 Å². The minimum Gasteiger partial charge on any atom is -0.457 e. The molecule has 0 radical (unpaired) electrons. The third-order valence-electron chi connectivity index (χ3n) is 9.77. The summed E-state index contributed by atoms with van der Waals surface area (Å²) in [5.41, 5.74) is -1.55. The molecule has 4 aliphatic carbocycles. The molecule has 33 heavy (non-hydrogen) atoms. The third-order valence-corrected chi connectivity index (χ3v) is 10.1. The fourth-order valence-corrected chi connectivity index (χ4v) is 8.80. The average Bonchev–Trinajstić information content (AvgIpc) is 3.14. The Labute approximate surface area is 198 Å². The lowest BCUT2D eigenvalue weighted by Crippen LogP contribution is -2.62. The number of fused-ring (bicyclic) bond motifs is 3. The van der Waals surface area contributed by atoms with Crippen LogP contribution in [0.25, 0.3) is 0 Å². The Bertz CT molecular complexity index is 1140. The number of hydrogen-bond donors (Lipinski definition) is 1. The normalized spacial score (nSPS) is 47.0. The molecule has 2 heterocycles. The van der Waals surface area contributed by atoms with Gasteiger partial charge in [0, 0.05) is 16.7 Å². The molecule has 0 N–H and O–H groups in total. The second kappa shape index (κ2) is 6.51. The molecule has 4 fully saturated rings. The van der Waals surface area contributed by atoms with Crippen molar-refractivity contribution in [2.45, 2.75) is 63.8 Å². The van der Waals surface area contributed by atoms with Gasteiger partial charge in [-0.25, -0.2) is 4.79 Å². The molecule has 8 atom stereocenters. The standard InChI is InChI=1S/C26H28O6S/c1-14-11-18-17-7-6-15-12-16(27)8-9-23(15,2)26(17)20(31-26)13-24(18,3)25(14,22(29)33)32-21(28)19-5-4-10-30-19/h4-5,8-10,12,14,17-18,20H,6-7,11,13H2,1-3H3,(H,29,33)/t14-,17+,18+,20?,23+,24+,25+,26?/m1/s1. The molecule has 5 aliphatic rings. The topological polar surface area (TPSA) is 86.1 Å². The van der Waals surface area contributed by atoms with Gasteiger partial charge in [-0.3, -0.25) is 9.59 Å². The van der Waals surface area contributed by atoms with E-state index < -0.39 is 22.1 Å². The van der Waals surface area contributed by atoms with Crippen molar-refractivity contribution in [2.24, 2.45) is 28.6 Å². The van der Waals surface area contributed by atoms with E-state index in [1.807, 2.05) is 13.0 Å². The average molecular weight is 469 g/mol. The van der Waals surface area contributed by atoms with E-state index in [2.05, 4.69) is 26.5 Å². The zero-order chi connectivity index (χ0) is 23.4. The highest BCUT2D eigenvalue weighted by molar-refractivity contribution is 7.96. The molecule has 1 aliphatic heterocycles. The number of ketones is 1. The minimum absolute atomic E-state index is 0.0363. The molecule has 2 unspecified atom stereocenters. The number of epoxide rings is 1. The lowest BCUT2D eigenvalue weighted by atomic mass is 9.47. The Morgan fingerprint density at radius 1 is 1.24 bits per heavy atom. The van der Waals surface area contributed by atoms with E-state index in [0.29, 0.717) is 6.42 Å². The van der Waals surface area contributed by atoms with E-state index in [1.54, 1.807) is 24.3 Å². The predicted molar refractivity (Wildman–Crippen MR) is 122 cm³/mol. The summed E-state index contributed by atoms with van der Waals surface area (Å²) in [6, 6.07) is 3.17. The van der Waals surface area contributed by atoms with Crippen molar-refractivity contribution in [3.8, 4) is 0 Å². The molecular weight excluding hydrogens is 440 g/mol. The number of thiol groups is 1. The van der Waals surface area contributed by atoms with Gasteiger partial charge in [-0.2, -0.15) is 0 Å². The lowest BCUT2D eigenvalue weighted by molar-refractivity contribution is -0.155. The van der Waals surface area contributed by atoms with E-state index in [9.17, 15) is 14.4 Å². The van der Waals surface area contributed by atoms with Gasteiger partial charge >= 0.3 is 5.97 Å². The molecule has 1 aromatic rings. The van der Waals surface area contributed by atoms with Gasteiger partial charge in [0.15, 0.2) is 11.4 Å². The quantitative estimate of drug-likeness (QED) is 0.404. The molecule has 6 rings (SSSR count). The summed E-state index contributed by atoms with van der Waals surface area (Å²) in [7, 11) is 0. The second-order valence-corrected chi connectivity index (χ2v) is 11.3. The highest BCUT2D eigenvalue weighted by atomic mass is 32.1. The van der Waals surface area contributed by atoms with Crippen LogP contribution in [0.2, 0.25) is 0 Å². The second-order valence-electron chi connectivity index (χ2n) is 10.9. The zero-order valence-corrected chi connectivity index (χ0v) is 19.9. The number of ether oxygens (including phenoxy) is 2. The Morgan fingerprint density at radius 3 is 2.73 bits per heavy atom. The van der Waals surface area contributed by atoms with E-state index in [4.69, 9.17) is 13.9 Å². The Hall–Kier alpha value is -2.12. The van der Waals surface area contributed by atoms with Gasteiger partial charge in [0.1, 0.15) is 5.60 Å². The smallest absolute Gasteiger partial charge is 0.375 e. The molecule has 1 spiro atoms. The summed E-state index contributed by atoms with van der Waals surface area (Å²) < 4.78 is 17.9. The number of furan rings is 1. The van der Waals surface area contributed by atoms with Crippen molar-refractivity contribution in [3.05, 3.63) is 48.0 Å². The largest absolute Gasteiger partial charge is 0.457 e. The van der Waals surface area contributed by atoms with Crippen LogP contribution in [0, 0.1) is 28.6 Å². The van der Waals surface area contributed by atoms with Crippen LogP contribution in [0.4, 0.5) is 0 Å². The summed E-state index contributed by atoms with van der Waals surface area (Å²) >= 11 is 4.30. The van der Waals surface area contributed by atoms with Crippen LogP contribution in [-0.2, 0) is 19.1 Å². The number of rotatable bonds is 3. The molecule has 0 amide bonds. The summed E-state index contributed by atoms with van der Waals surface area (Å²) in [6.45, 7) is 6.24. The molecule has 7 heteroatoms. The summed E-state index contributed by atoms with van der Waals surface area (Å²) in [5.74, 6) is -0.405. The highest BCUT2D eigenvalue weighted by Crippen LogP contribution is 2.77. The van der Waals surface area contributed by atoms with Crippen molar-refractivity contribution >= 4 is 29.5 Å². The number of hydrogen-bond acceptors (Lipinski definition) is 6. The predicted octanol–water partition coefficient (Wildman–Crippen LogP) is 4.32. The first kappa shape index (κ1) is 21.4. The van der Waals surface area contributed by atoms with Crippen LogP contribution in [0.5, 0.6) is 0 Å². The summed E-state index contributed by atoms with van der Waals surface area (Å²) in [5, 5.41) is -0.418. The van der Waals surface area contributed by atoms with Crippen molar-refractivity contribution in [1.82, 2.24) is 0 Å². The number of carbonyl (C=O) groups excluding carboxylic acids is 3. The lowest BCUT2D eigenvalue weighted by Gasteiger charge is -2.55. The molecular formula is C26H28O6S. The van der Waals surface area contributed by atoms with Crippen LogP contribution in [0.15, 0.2) is 46.6 Å². The SMILES string of the molecule is C[C@@H]1C[C@H]2[C@@H]3CCC4=CC(=O)C=C[C@]4(C)C34OC4C[C@]2(C)[C@@]1(OC(=O)c1ccco1)C(=O)S. The third kappa shape index (κ3) is 2.38. The fourth-order valence-electron chi connectivity index (χ4n) is 8.28. The zero-order valence-electron chi connectivity index (χ0n) is 19.0. The van der Waals surface area contributed by atoms with Gasteiger partial charge in [0.2, 0.25) is 10.9 Å². The van der Waals surface area contributed by atoms with Gasteiger partial charge in [0.05, 0.1) is 12.4 Å². The monoisotopic (exact) mass is 468 g/mol. The first-order chi connectivity index (χ1) is 15.6. The van der Waals surface area contributed by atoms with Gasteiger partial charge in [-0.05, 0) is 68.7 Å². The molecule has 1 aromatic heterocycles. The van der Waals surface area contributed by atoms with E-state index in [-0.39, 0.29) is 46.4 Å². The van der Waals surface area contributed by atoms with Gasteiger partial charge < -0.3 is 13.9 Å². The van der Waals surface area contributed by atoms with Crippen LogP contribution in [-0.4, -0.2) is 34.2 Å². The first-order valence-electron chi connectivity index (χ1n) is 11.7. The summed E-state index contributed by atoms with van der Waals surface area (Å²) in [6.07, 6.45) is 9.87. The molecule has 3 saturated carbocycles. The summed E-state index contributed by atoms with van der Waals surface area (Å²) in [4.78, 5) is 38.3. The molecule has 6 nitrogen and oxygen atoms in total. The van der Waals surface area contributed by atoms with Crippen molar-refractivity contribution in [1.29, 1.82) is 0 Å². The van der Waals surface area contributed by atoms with Crippen molar-refractivity contribution < 1.29 is 28.3 Å². The number of allylic oxidation sites excluding steroid dienone is 2. The van der Waals surface area contributed by atoms with Crippen LogP contribution < -0.4 is 0 Å².